The average molecular weight is 418 g/mol. The predicted octanol–water partition coefficient (Wildman–Crippen LogP) is 5.93. The van der Waals surface area contributed by atoms with Gasteiger partial charge in [-0.1, -0.05) is 30.3 Å². The molecule has 31 heavy (non-hydrogen) atoms. The highest BCUT2D eigenvalue weighted by molar-refractivity contribution is 5.47. The Balaban J connectivity index is 1.68. The number of methoxy groups -OCH3 is 2. The lowest BCUT2D eigenvalue weighted by molar-refractivity contribution is 0.185. The molecule has 0 saturated heterocycles. The molecule has 1 aliphatic carbocycles. The van der Waals surface area contributed by atoms with E-state index < -0.39 is 0 Å². The molecule has 3 aromatic rings. The van der Waals surface area contributed by atoms with Gasteiger partial charge in [-0.05, 0) is 78.6 Å². The van der Waals surface area contributed by atoms with Gasteiger partial charge in [0.1, 0.15) is 0 Å². The number of rotatable bonds is 9. The molecular weight excluding hydrogens is 386 g/mol. The van der Waals surface area contributed by atoms with Gasteiger partial charge in [0.15, 0.2) is 11.5 Å². The summed E-state index contributed by atoms with van der Waals surface area (Å²) in [6, 6.07) is 19.3. The molecule has 1 heterocycles. The van der Waals surface area contributed by atoms with Crippen molar-refractivity contribution in [2.24, 2.45) is 0 Å². The molecule has 4 heteroatoms. The molecular formula is C27H31NO3. The second-order valence-electron chi connectivity index (χ2n) is 8.22. The average Bonchev–Trinajstić information content (AvgIpc) is 3.32. The summed E-state index contributed by atoms with van der Waals surface area (Å²) in [5, 5.41) is 0. The van der Waals surface area contributed by atoms with E-state index in [-0.39, 0.29) is 12.0 Å². The van der Waals surface area contributed by atoms with Crippen LogP contribution in [0.2, 0.25) is 0 Å². The van der Waals surface area contributed by atoms with Gasteiger partial charge in [-0.25, -0.2) is 0 Å². The van der Waals surface area contributed by atoms with Crippen LogP contribution in [0.3, 0.4) is 0 Å². The molecule has 0 N–H and O–H groups in total. The molecule has 0 bridgehead atoms. The first-order chi connectivity index (χ1) is 15.3. The summed E-state index contributed by atoms with van der Waals surface area (Å²) in [5.41, 5.74) is 4.93. The third-order valence-corrected chi connectivity index (χ3v) is 6.07. The van der Waals surface area contributed by atoms with E-state index in [4.69, 9.17) is 14.2 Å². The maximum atomic E-state index is 6.37. The predicted molar refractivity (Wildman–Crippen MR) is 123 cm³/mol. The fraction of sp³-hybridized carbons (Fsp3) is 0.370. The minimum Gasteiger partial charge on any atom is -0.493 e. The first-order valence-electron chi connectivity index (χ1n) is 11.1. The Morgan fingerprint density at radius 2 is 1.55 bits per heavy atom. The Bertz CT molecular complexity index is 950. The van der Waals surface area contributed by atoms with Gasteiger partial charge in [0.2, 0.25) is 0 Å². The van der Waals surface area contributed by atoms with Gasteiger partial charge in [-0.3, -0.25) is 4.98 Å². The van der Waals surface area contributed by atoms with Gasteiger partial charge in [0, 0.05) is 25.4 Å². The van der Waals surface area contributed by atoms with Crippen LogP contribution < -0.4 is 9.47 Å². The fourth-order valence-corrected chi connectivity index (χ4v) is 4.38. The smallest absolute Gasteiger partial charge is 0.161 e. The third kappa shape index (κ3) is 5.45. The number of hydrogen-bond acceptors (Lipinski definition) is 4. The molecule has 4 nitrogen and oxygen atoms in total. The molecule has 1 aromatic heterocycles. The minimum atomic E-state index is 0.204. The van der Waals surface area contributed by atoms with Crippen molar-refractivity contribution in [1.29, 1.82) is 0 Å². The second-order valence-corrected chi connectivity index (χ2v) is 8.22. The van der Waals surface area contributed by atoms with Crippen LogP contribution >= 0.6 is 0 Å². The highest BCUT2D eigenvalue weighted by Gasteiger charge is 2.21. The van der Waals surface area contributed by atoms with Crippen molar-refractivity contribution in [3.63, 3.8) is 0 Å². The number of hydrogen-bond donors (Lipinski definition) is 0. The first kappa shape index (κ1) is 21.4. The van der Waals surface area contributed by atoms with E-state index in [9.17, 15) is 0 Å². The SMILES string of the molecule is COCc1ccc(C(Cc2ccncc2)c2ccc(OC)c(OC3CCCC3)c2)cc1. The zero-order chi connectivity index (χ0) is 21.5. The zero-order valence-electron chi connectivity index (χ0n) is 18.4. The second kappa shape index (κ2) is 10.5. The molecule has 0 spiro atoms. The van der Waals surface area contributed by atoms with Crippen LogP contribution in [0.15, 0.2) is 67.0 Å². The molecule has 1 saturated carbocycles. The summed E-state index contributed by atoms with van der Waals surface area (Å²) in [4.78, 5) is 4.17. The lowest BCUT2D eigenvalue weighted by Crippen LogP contribution is -2.12. The van der Waals surface area contributed by atoms with Crippen molar-refractivity contribution in [3.8, 4) is 11.5 Å². The van der Waals surface area contributed by atoms with Crippen LogP contribution in [0.25, 0.3) is 0 Å². The van der Waals surface area contributed by atoms with Crippen LogP contribution in [0, 0.1) is 0 Å². The fourth-order valence-electron chi connectivity index (χ4n) is 4.38. The lowest BCUT2D eigenvalue weighted by Gasteiger charge is -2.22. The van der Waals surface area contributed by atoms with Crippen LogP contribution in [0.1, 0.15) is 53.9 Å². The van der Waals surface area contributed by atoms with E-state index in [0.29, 0.717) is 6.61 Å². The normalized spacial score (nSPS) is 15.0. The van der Waals surface area contributed by atoms with E-state index >= 15 is 0 Å². The summed E-state index contributed by atoms with van der Waals surface area (Å²) in [6.07, 6.45) is 9.62. The number of benzene rings is 2. The Kier molecular flexibility index (Phi) is 7.21. The van der Waals surface area contributed by atoms with E-state index in [1.807, 2.05) is 18.5 Å². The summed E-state index contributed by atoms with van der Waals surface area (Å²) >= 11 is 0. The Hall–Kier alpha value is -2.85. The molecule has 2 aromatic carbocycles. The number of nitrogens with zero attached hydrogens (tertiary/aromatic N) is 1. The van der Waals surface area contributed by atoms with E-state index in [1.165, 1.54) is 35.1 Å². The molecule has 0 amide bonds. The molecule has 1 unspecified atom stereocenters. The van der Waals surface area contributed by atoms with Crippen molar-refractivity contribution < 1.29 is 14.2 Å². The van der Waals surface area contributed by atoms with Crippen molar-refractivity contribution in [3.05, 3.63) is 89.2 Å². The van der Waals surface area contributed by atoms with Crippen LogP contribution in [0.5, 0.6) is 11.5 Å². The van der Waals surface area contributed by atoms with Crippen LogP contribution in [-0.2, 0) is 17.8 Å². The van der Waals surface area contributed by atoms with Gasteiger partial charge in [0.05, 0.1) is 19.8 Å². The Morgan fingerprint density at radius 1 is 0.839 bits per heavy atom. The van der Waals surface area contributed by atoms with Crippen molar-refractivity contribution in [2.45, 2.75) is 50.7 Å². The van der Waals surface area contributed by atoms with E-state index in [2.05, 4.69) is 53.5 Å². The highest BCUT2D eigenvalue weighted by atomic mass is 16.5. The minimum absolute atomic E-state index is 0.204. The quantitative estimate of drug-likeness (QED) is 0.432. The molecule has 0 aliphatic heterocycles. The summed E-state index contributed by atoms with van der Waals surface area (Å²) < 4.78 is 17.3. The van der Waals surface area contributed by atoms with Crippen molar-refractivity contribution in [1.82, 2.24) is 4.98 Å². The van der Waals surface area contributed by atoms with E-state index in [1.54, 1.807) is 14.2 Å². The molecule has 1 fully saturated rings. The van der Waals surface area contributed by atoms with Gasteiger partial charge >= 0.3 is 0 Å². The molecule has 1 atom stereocenters. The molecule has 0 radical (unpaired) electrons. The largest absolute Gasteiger partial charge is 0.493 e. The van der Waals surface area contributed by atoms with Crippen LogP contribution in [0.4, 0.5) is 0 Å². The monoisotopic (exact) mass is 417 g/mol. The van der Waals surface area contributed by atoms with Gasteiger partial charge < -0.3 is 14.2 Å². The number of ether oxygens (including phenoxy) is 3. The number of pyridine rings is 1. The maximum Gasteiger partial charge on any atom is 0.161 e. The van der Waals surface area contributed by atoms with Crippen molar-refractivity contribution in [2.75, 3.05) is 14.2 Å². The van der Waals surface area contributed by atoms with E-state index in [0.717, 1.165) is 30.8 Å². The molecule has 4 rings (SSSR count). The summed E-state index contributed by atoms with van der Waals surface area (Å²) in [5.74, 6) is 1.85. The van der Waals surface area contributed by atoms with Gasteiger partial charge in [0.25, 0.3) is 0 Å². The zero-order valence-corrected chi connectivity index (χ0v) is 18.4. The Morgan fingerprint density at radius 3 is 2.23 bits per heavy atom. The summed E-state index contributed by atoms with van der Waals surface area (Å²) in [6.45, 7) is 0.622. The standard InChI is InChI=1S/C27H31NO3/c1-29-19-21-7-9-22(10-8-21)25(17-20-13-15-28-16-14-20)23-11-12-26(30-2)27(18-23)31-24-5-3-4-6-24/h7-16,18,24-25H,3-6,17,19H2,1-2H3. The lowest BCUT2D eigenvalue weighted by atomic mass is 9.85. The van der Waals surface area contributed by atoms with Crippen LogP contribution in [-0.4, -0.2) is 25.3 Å². The molecule has 1 aliphatic rings. The van der Waals surface area contributed by atoms with Gasteiger partial charge in [-0.15, -0.1) is 0 Å². The third-order valence-electron chi connectivity index (χ3n) is 6.07. The molecule has 162 valence electrons. The number of aromatic nitrogens is 1. The highest BCUT2D eigenvalue weighted by Crippen LogP contribution is 2.37. The first-order valence-corrected chi connectivity index (χ1v) is 11.1. The topological polar surface area (TPSA) is 40.6 Å². The Labute approximate surface area is 185 Å². The maximum absolute atomic E-state index is 6.37. The van der Waals surface area contributed by atoms with Gasteiger partial charge in [-0.2, -0.15) is 0 Å². The van der Waals surface area contributed by atoms with Crippen molar-refractivity contribution >= 4 is 0 Å². The summed E-state index contributed by atoms with van der Waals surface area (Å²) in [7, 11) is 3.43.